The first-order chi connectivity index (χ1) is 15.4. The Hall–Kier alpha value is -3.52. The maximum Gasteiger partial charge on any atom is 0.338 e. The average molecular weight is 453 g/mol. The van der Waals surface area contributed by atoms with Gasteiger partial charge in [0.2, 0.25) is 0 Å². The average Bonchev–Trinajstić information content (AvgIpc) is 3.09. The lowest BCUT2D eigenvalue weighted by molar-refractivity contribution is -0.139. The van der Waals surface area contributed by atoms with Crippen molar-refractivity contribution in [1.29, 1.82) is 0 Å². The first-order valence-electron chi connectivity index (χ1n) is 10.0. The first-order valence-corrected chi connectivity index (χ1v) is 10.8. The summed E-state index contributed by atoms with van der Waals surface area (Å²) in [6.07, 6.45) is 1.69. The van der Waals surface area contributed by atoms with Crippen molar-refractivity contribution >= 4 is 23.4 Å². The maximum absolute atomic E-state index is 13.5. The van der Waals surface area contributed by atoms with Crippen molar-refractivity contribution in [2.75, 3.05) is 13.7 Å². The summed E-state index contributed by atoms with van der Waals surface area (Å²) in [6.45, 7) is 3.65. The number of hydrogen-bond donors (Lipinski definition) is 0. The summed E-state index contributed by atoms with van der Waals surface area (Å²) >= 11 is 1.21. The van der Waals surface area contributed by atoms with Crippen molar-refractivity contribution in [2.45, 2.75) is 19.9 Å². The molecule has 6 nitrogen and oxygen atoms in total. The van der Waals surface area contributed by atoms with E-state index in [9.17, 15) is 14.0 Å². The standard InChI is InChI=1S/C24H21FN2O4S/c1-4-31-23(29)20-14(2)26-24-27(21(20)17-7-5-6-8-18(17)30-3)22(28)19(32-24)13-15-9-11-16(25)12-10-15/h5-13,21H,4H2,1-3H3/t21-/m0/s1. The highest BCUT2D eigenvalue weighted by Crippen LogP contribution is 2.35. The molecule has 0 bridgehead atoms. The van der Waals surface area contributed by atoms with Gasteiger partial charge in [0.05, 0.1) is 29.5 Å². The molecule has 2 aromatic carbocycles. The molecule has 0 fully saturated rings. The Bertz CT molecular complexity index is 1390. The smallest absolute Gasteiger partial charge is 0.338 e. The predicted molar refractivity (Wildman–Crippen MR) is 120 cm³/mol. The molecule has 2 heterocycles. The number of thiazole rings is 1. The van der Waals surface area contributed by atoms with Crippen LogP contribution in [0.2, 0.25) is 0 Å². The van der Waals surface area contributed by atoms with Crippen LogP contribution in [0, 0.1) is 5.82 Å². The van der Waals surface area contributed by atoms with E-state index in [0.717, 1.165) is 0 Å². The van der Waals surface area contributed by atoms with E-state index in [1.165, 1.54) is 35.1 Å². The van der Waals surface area contributed by atoms with E-state index in [0.29, 0.717) is 31.9 Å². The molecule has 3 aromatic rings. The number of nitrogens with zero attached hydrogens (tertiary/aromatic N) is 2. The third-order valence-corrected chi connectivity index (χ3v) is 6.10. The van der Waals surface area contributed by atoms with Crippen molar-refractivity contribution in [3.8, 4) is 5.75 Å². The first kappa shape index (κ1) is 21.7. The number of aromatic nitrogens is 1. The van der Waals surface area contributed by atoms with Crippen LogP contribution >= 0.6 is 11.3 Å². The molecule has 0 unspecified atom stereocenters. The molecule has 1 aliphatic rings. The zero-order valence-electron chi connectivity index (χ0n) is 17.8. The molecule has 0 saturated carbocycles. The summed E-state index contributed by atoms with van der Waals surface area (Å²) in [4.78, 5) is 31.4. The van der Waals surface area contributed by atoms with Crippen LogP contribution in [0.4, 0.5) is 4.39 Å². The number of carbonyl (C=O) groups is 1. The van der Waals surface area contributed by atoms with Crippen LogP contribution in [0.5, 0.6) is 5.75 Å². The molecule has 0 spiro atoms. The Morgan fingerprint density at radius 3 is 2.62 bits per heavy atom. The van der Waals surface area contributed by atoms with Crippen molar-refractivity contribution in [3.63, 3.8) is 0 Å². The number of esters is 1. The fourth-order valence-electron chi connectivity index (χ4n) is 3.69. The fraction of sp³-hybridized carbons (Fsp3) is 0.208. The summed E-state index contributed by atoms with van der Waals surface area (Å²) in [5.74, 6) is -0.339. The van der Waals surface area contributed by atoms with Gasteiger partial charge in [0.15, 0.2) is 4.80 Å². The molecule has 32 heavy (non-hydrogen) atoms. The third-order valence-electron chi connectivity index (χ3n) is 5.12. The Morgan fingerprint density at radius 1 is 1.22 bits per heavy atom. The van der Waals surface area contributed by atoms with Gasteiger partial charge in [-0.1, -0.05) is 41.7 Å². The summed E-state index contributed by atoms with van der Waals surface area (Å²) < 4.78 is 26.0. The quantitative estimate of drug-likeness (QED) is 0.558. The lowest BCUT2D eigenvalue weighted by Gasteiger charge is -2.25. The van der Waals surface area contributed by atoms with Gasteiger partial charge in [0.25, 0.3) is 5.56 Å². The Kier molecular flexibility index (Phi) is 6.05. The van der Waals surface area contributed by atoms with Gasteiger partial charge in [-0.15, -0.1) is 0 Å². The number of para-hydroxylation sites is 1. The summed E-state index contributed by atoms with van der Waals surface area (Å²) in [7, 11) is 1.54. The second kappa shape index (κ2) is 8.92. The van der Waals surface area contributed by atoms with Crippen LogP contribution in [0.3, 0.4) is 0 Å². The Balaban J connectivity index is 1.98. The van der Waals surface area contributed by atoms with E-state index >= 15 is 0 Å². The highest BCUT2D eigenvalue weighted by atomic mass is 32.1. The lowest BCUT2D eigenvalue weighted by atomic mass is 9.95. The third kappa shape index (κ3) is 3.89. The molecule has 1 aliphatic heterocycles. The van der Waals surface area contributed by atoms with Gasteiger partial charge in [-0.2, -0.15) is 0 Å². The normalized spacial score (nSPS) is 15.9. The number of halogens is 1. The second-order valence-electron chi connectivity index (χ2n) is 7.10. The number of carbonyl (C=O) groups excluding carboxylic acids is 1. The van der Waals surface area contributed by atoms with E-state index in [-0.39, 0.29) is 23.6 Å². The summed E-state index contributed by atoms with van der Waals surface area (Å²) in [5.41, 5.74) is 1.81. The highest BCUT2D eigenvalue weighted by Gasteiger charge is 2.34. The molecule has 0 aliphatic carbocycles. The zero-order chi connectivity index (χ0) is 22.8. The van der Waals surface area contributed by atoms with Crippen LogP contribution in [0.1, 0.15) is 31.0 Å². The van der Waals surface area contributed by atoms with Gasteiger partial charge >= 0.3 is 5.97 Å². The molecule has 1 atom stereocenters. The van der Waals surface area contributed by atoms with E-state index in [2.05, 4.69) is 4.99 Å². The van der Waals surface area contributed by atoms with Gasteiger partial charge in [-0.3, -0.25) is 9.36 Å². The number of hydrogen-bond acceptors (Lipinski definition) is 6. The fourth-order valence-corrected chi connectivity index (χ4v) is 4.74. The predicted octanol–water partition coefficient (Wildman–Crippen LogP) is 2.95. The molecular weight excluding hydrogens is 431 g/mol. The SMILES string of the molecule is CCOC(=O)C1=C(C)N=c2sc(=Cc3ccc(F)cc3)c(=O)n2[C@H]1c1ccccc1OC. The number of rotatable bonds is 5. The number of methoxy groups -OCH3 is 1. The highest BCUT2D eigenvalue weighted by molar-refractivity contribution is 7.07. The summed E-state index contributed by atoms with van der Waals surface area (Å²) in [6, 6.07) is 12.4. The molecule has 0 radical (unpaired) electrons. The Labute approximate surface area is 187 Å². The van der Waals surface area contributed by atoms with Crippen molar-refractivity contribution in [2.24, 2.45) is 4.99 Å². The van der Waals surface area contributed by atoms with E-state index in [1.807, 2.05) is 18.2 Å². The van der Waals surface area contributed by atoms with E-state index in [4.69, 9.17) is 9.47 Å². The van der Waals surface area contributed by atoms with Gasteiger partial charge in [0.1, 0.15) is 17.6 Å². The topological polar surface area (TPSA) is 69.9 Å². The molecule has 164 valence electrons. The number of ether oxygens (including phenoxy) is 2. The van der Waals surface area contributed by atoms with Crippen LogP contribution in [-0.2, 0) is 9.53 Å². The lowest BCUT2D eigenvalue weighted by Crippen LogP contribution is -2.40. The van der Waals surface area contributed by atoms with Gasteiger partial charge < -0.3 is 9.47 Å². The maximum atomic E-state index is 13.5. The van der Waals surface area contributed by atoms with E-state index < -0.39 is 12.0 Å². The zero-order valence-corrected chi connectivity index (χ0v) is 18.6. The van der Waals surface area contributed by atoms with Gasteiger partial charge in [0, 0.05) is 5.56 Å². The van der Waals surface area contributed by atoms with Crippen LogP contribution in [0.25, 0.3) is 6.08 Å². The second-order valence-corrected chi connectivity index (χ2v) is 8.10. The molecule has 4 rings (SSSR count). The monoisotopic (exact) mass is 452 g/mol. The minimum atomic E-state index is -0.753. The molecule has 1 aromatic heterocycles. The largest absolute Gasteiger partial charge is 0.496 e. The molecule has 8 heteroatoms. The molecule has 0 saturated heterocycles. The summed E-state index contributed by atoms with van der Waals surface area (Å²) in [5, 5.41) is 0. The number of fused-ring (bicyclic) bond motifs is 1. The number of allylic oxidation sites excluding steroid dienone is 1. The number of benzene rings is 2. The van der Waals surface area contributed by atoms with Crippen LogP contribution < -0.4 is 19.6 Å². The van der Waals surface area contributed by atoms with Crippen molar-refractivity contribution < 1.29 is 18.7 Å². The molecule has 0 N–H and O–H groups in total. The minimum Gasteiger partial charge on any atom is -0.496 e. The Morgan fingerprint density at radius 2 is 1.94 bits per heavy atom. The van der Waals surface area contributed by atoms with E-state index in [1.54, 1.807) is 38.1 Å². The van der Waals surface area contributed by atoms with Crippen LogP contribution in [0.15, 0.2) is 69.6 Å². The van der Waals surface area contributed by atoms with Crippen molar-refractivity contribution in [1.82, 2.24) is 4.57 Å². The van der Waals surface area contributed by atoms with Gasteiger partial charge in [-0.05, 0) is 43.7 Å². The van der Waals surface area contributed by atoms with Gasteiger partial charge in [-0.25, -0.2) is 14.2 Å². The molecular formula is C24H21FN2O4S. The van der Waals surface area contributed by atoms with Crippen LogP contribution in [-0.4, -0.2) is 24.3 Å². The molecule has 0 amide bonds. The van der Waals surface area contributed by atoms with Crippen molar-refractivity contribution in [3.05, 3.63) is 96.4 Å². The minimum absolute atomic E-state index is 0.198.